The van der Waals surface area contributed by atoms with Crippen molar-refractivity contribution in [3.63, 3.8) is 0 Å². The molecular formula is C23H26N4O. The summed E-state index contributed by atoms with van der Waals surface area (Å²) in [5.41, 5.74) is 6.79. The Kier molecular flexibility index (Phi) is 5.83. The maximum absolute atomic E-state index is 13.0. The number of hydrogen-bond acceptors (Lipinski definition) is 4. The maximum atomic E-state index is 13.0. The maximum Gasteiger partial charge on any atom is 0.253 e. The Labute approximate surface area is 166 Å². The molecule has 0 saturated carbocycles. The highest BCUT2D eigenvalue weighted by molar-refractivity contribution is 5.95. The van der Waals surface area contributed by atoms with Crippen molar-refractivity contribution in [1.82, 2.24) is 19.9 Å². The quantitative estimate of drug-likeness (QED) is 0.673. The molecule has 1 aromatic carbocycles. The third-order valence-electron chi connectivity index (χ3n) is 5.28. The molecule has 0 N–H and O–H groups in total. The molecule has 0 saturated heterocycles. The Hall–Kier alpha value is -3.08. The topological polar surface area (TPSA) is 59.0 Å². The van der Waals surface area contributed by atoms with Crippen LogP contribution in [0.5, 0.6) is 0 Å². The Morgan fingerprint density at radius 1 is 1.14 bits per heavy atom. The van der Waals surface area contributed by atoms with Crippen molar-refractivity contribution in [2.24, 2.45) is 0 Å². The van der Waals surface area contributed by atoms with E-state index in [0.29, 0.717) is 12.0 Å². The lowest BCUT2D eigenvalue weighted by atomic mass is 10.0. The monoisotopic (exact) mass is 374 g/mol. The molecule has 1 atom stereocenters. The van der Waals surface area contributed by atoms with Gasteiger partial charge in [-0.15, -0.1) is 0 Å². The third kappa shape index (κ3) is 4.25. The summed E-state index contributed by atoms with van der Waals surface area (Å²) in [6, 6.07) is 9.77. The van der Waals surface area contributed by atoms with E-state index >= 15 is 0 Å². The number of carbonyl (C=O) groups excluding carboxylic acids is 1. The third-order valence-corrected chi connectivity index (χ3v) is 5.28. The van der Waals surface area contributed by atoms with E-state index in [1.54, 1.807) is 23.5 Å². The van der Waals surface area contributed by atoms with Gasteiger partial charge in [0.2, 0.25) is 0 Å². The van der Waals surface area contributed by atoms with E-state index < -0.39 is 0 Å². The molecule has 5 nitrogen and oxygen atoms in total. The van der Waals surface area contributed by atoms with E-state index in [1.165, 1.54) is 11.1 Å². The molecule has 0 aliphatic carbocycles. The van der Waals surface area contributed by atoms with Crippen LogP contribution in [-0.2, 0) is 6.42 Å². The van der Waals surface area contributed by atoms with Gasteiger partial charge in [-0.05, 0) is 57.0 Å². The lowest BCUT2D eigenvalue weighted by molar-refractivity contribution is 0.0743. The number of rotatable bonds is 5. The summed E-state index contributed by atoms with van der Waals surface area (Å²) in [4.78, 5) is 27.9. The summed E-state index contributed by atoms with van der Waals surface area (Å²) < 4.78 is 0. The van der Waals surface area contributed by atoms with Crippen molar-refractivity contribution in [3.8, 4) is 11.3 Å². The van der Waals surface area contributed by atoms with E-state index in [9.17, 15) is 4.79 Å². The van der Waals surface area contributed by atoms with Crippen LogP contribution < -0.4 is 0 Å². The minimum Gasteiger partial charge on any atom is -0.339 e. The number of aryl methyl sites for hydroxylation is 2. The zero-order valence-electron chi connectivity index (χ0n) is 17.1. The minimum atomic E-state index is -0.0150. The summed E-state index contributed by atoms with van der Waals surface area (Å²) >= 11 is 0. The molecule has 144 valence electrons. The van der Waals surface area contributed by atoms with E-state index in [0.717, 1.165) is 22.6 Å². The van der Waals surface area contributed by atoms with Crippen molar-refractivity contribution in [2.75, 3.05) is 7.05 Å². The lowest BCUT2D eigenvalue weighted by Crippen LogP contribution is -2.36. The first-order valence-electron chi connectivity index (χ1n) is 9.44. The van der Waals surface area contributed by atoms with E-state index in [2.05, 4.69) is 29.9 Å². The Balaban J connectivity index is 1.82. The molecule has 0 bridgehead atoms. The SMILES string of the molecule is Cc1cc(-c2cccc(C(=O)N(C)[C@H](C)Cc3cnccn3)c2)nc(C)c1C. The first kappa shape index (κ1) is 19.7. The van der Waals surface area contributed by atoms with Gasteiger partial charge in [-0.2, -0.15) is 0 Å². The van der Waals surface area contributed by atoms with Gasteiger partial charge in [0.25, 0.3) is 5.91 Å². The van der Waals surface area contributed by atoms with Gasteiger partial charge in [-0.25, -0.2) is 0 Å². The number of nitrogens with zero attached hydrogens (tertiary/aromatic N) is 4. The van der Waals surface area contributed by atoms with Gasteiger partial charge in [0.05, 0.1) is 11.4 Å². The molecule has 0 unspecified atom stereocenters. The van der Waals surface area contributed by atoms with Gasteiger partial charge in [0.15, 0.2) is 0 Å². The predicted octanol–water partition coefficient (Wildman–Crippen LogP) is 4.17. The summed E-state index contributed by atoms with van der Waals surface area (Å²) in [6.07, 6.45) is 5.72. The second kappa shape index (κ2) is 8.30. The molecule has 1 amide bonds. The number of pyridine rings is 1. The largest absolute Gasteiger partial charge is 0.339 e. The van der Waals surface area contributed by atoms with Crippen LogP contribution >= 0.6 is 0 Å². The standard InChI is InChI=1S/C23H26N4O/c1-15-11-22(26-18(4)17(15)3)19-7-6-8-20(13-19)23(28)27(5)16(2)12-21-14-24-9-10-25-21/h6-11,13-14,16H,12H2,1-5H3/t16-/m1/s1. The lowest BCUT2D eigenvalue weighted by Gasteiger charge is -2.25. The van der Waals surface area contributed by atoms with E-state index in [-0.39, 0.29) is 11.9 Å². The summed E-state index contributed by atoms with van der Waals surface area (Å²) in [6.45, 7) is 8.20. The number of likely N-dealkylation sites (N-methyl/N-ethyl adjacent to an activating group) is 1. The van der Waals surface area contributed by atoms with Crippen LogP contribution in [0.4, 0.5) is 0 Å². The van der Waals surface area contributed by atoms with Gasteiger partial charge in [0.1, 0.15) is 0 Å². The Bertz CT molecular complexity index is 962. The van der Waals surface area contributed by atoms with Crippen molar-refractivity contribution in [2.45, 2.75) is 40.2 Å². The van der Waals surface area contributed by atoms with Crippen LogP contribution in [0.2, 0.25) is 0 Å². The van der Waals surface area contributed by atoms with Crippen molar-refractivity contribution >= 4 is 5.91 Å². The molecule has 0 radical (unpaired) electrons. The van der Waals surface area contributed by atoms with E-state index in [1.807, 2.05) is 45.2 Å². The highest BCUT2D eigenvalue weighted by Crippen LogP contribution is 2.23. The molecule has 0 fully saturated rings. The van der Waals surface area contributed by atoms with Gasteiger partial charge in [0, 0.05) is 54.9 Å². The first-order chi connectivity index (χ1) is 13.4. The summed E-state index contributed by atoms with van der Waals surface area (Å²) in [7, 11) is 1.83. The Morgan fingerprint density at radius 2 is 1.93 bits per heavy atom. The number of hydrogen-bond donors (Lipinski definition) is 0. The summed E-state index contributed by atoms with van der Waals surface area (Å²) in [5, 5.41) is 0. The molecule has 2 aromatic heterocycles. The molecule has 2 heterocycles. The highest BCUT2D eigenvalue weighted by Gasteiger charge is 2.19. The zero-order chi connectivity index (χ0) is 20.3. The Morgan fingerprint density at radius 3 is 2.61 bits per heavy atom. The van der Waals surface area contributed by atoms with Crippen LogP contribution in [0.25, 0.3) is 11.3 Å². The first-order valence-corrected chi connectivity index (χ1v) is 9.44. The molecule has 0 spiro atoms. The van der Waals surface area contributed by atoms with Gasteiger partial charge >= 0.3 is 0 Å². The number of amides is 1. The van der Waals surface area contributed by atoms with Gasteiger partial charge < -0.3 is 4.90 Å². The normalized spacial score (nSPS) is 11.9. The predicted molar refractivity (Wildman–Crippen MR) is 111 cm³/mol. The minimum absolute atomic E-state index is 0.00912. The van der Waals surface area contributed by atoms with Crippen molar-refractivity contribution < 1.29 is 4.79 Å². The molecule has 0 aliphatic heterocycles. The molecule has 0 aliphatic rings. The fraction of sp³-hybridized carbons (Fsp3) is 0.304. The second-order valence-electron chi connectivity index (χ2n) is 7.28. The average Bonchev–Trinajstić information content (AvgIpc) is 2.71. The molecule has 28 heavy (non-hydrogen) atoms. The second-order valence-corrected chi connectivity index (χ2v) is 7.28. The van der Waals surface area contributed by atoms with Crippen LogP contribution in [0.3, 0.4) is 0 Å². The van der Waals surface area contributed by atoms with Gasteiger partial charge in [-0.1, -0.05) is 12.1 Å². The number of carbonyl (C=O) groups is 1. The van der Waals surface area contributed by atoms with Crippen LogP contribution in [-0.4, -0.2) is 38.8 Å². The smallest absolute Gasteiger partial charge is 0.253 e. The molecular weight excluding hydrogens is 348 g/mol. The summed E-state index contributed by atoms with van der Waals surface area (Å²) in [5.74, 6) is -0.0150. The zero-order valence-corrected chi connectivity index (χ0v) is 17.1. The molecule has 5 heteroatoms. The molecule has 3 aromatic rings. The van der Waals surface area contributed by atoms with Crippen LogP contribution in [0.15, 0.2) is 48.9 Å². The highest BCUT2D eigenvalue weighted by atomic mass is 16.2. The van der Waals surface area contributed by atoms with Crippen molar-refractivity contribution in [1.29, 1.82) is 0 Å². The van der Waals surface area contributed by atoms with Crippen molar-refractivity contribution in [3.05, 3.63) is 77.0 Å². The van der Waals surface area contributed by atoms with Crippen LogP contribution in [0, 0.1) is 20.8 Å². The van der Waals surface area contributed by atoms with Gasteiger partial charge in [-0.3, -0.25) is 19.7 Å². The number of aromatic nitrogens is 3. The number of benzene rings is 1. The van der Waals surface area contributed by atoms with Crippen LogP contribution in [0.1, 0.15) is 39.8 Å². The molecule has 3 rings (SSSR count). The fourth-order valence-electron chi connectivity index (χ4n) is 3.13. The fourth-order valence-corrected chi connectivity index (χ4v) is 3.13. The van der Waals surface area contributed by atoms with E-state index in [4.69, 9.17) is 4.98 Å². The average molecular weight is 374 g/mol.